The number of benzene rings is 3. The molecule has 3 rings (SSSR count). The molecule has 0 radical (unpaired) electrons. The number of carbonyl (C=O) groups is 1. The Morgan fingerprint density at radius 1 is 0.815 bits per heavy atom. The van der Waals surface area contributed by atoms with Crippen molar-refractivity contribution < 1.29 is 4.79 Å². The van der Waals surface area contributed by atoms with E-state index in [1.807, 2.05) is 73.8 Å². The molecule has 0 aliphatic rings. The molecule has 0 fully saturated rings. The van der Waals surface area contributed by atoms with E-state index in [0.29, 0.717) is 0 Å². The first kappa shape index (κ1) is 19.2. The summed E-state index contributed by atoms with van der Waals surface area (Å²) in [5.41, 5.74) is 3.11. The topological polar surface area (TPSA) is 41.1 Å². The molecule has 138 valence electrons. The van der Waals surface area contributed by atoms with E-state index in [2.05, 4.69) is 34.9 Å². The number of anilines is 1. The molecule has 2 N–H and O–H groups in total. The van der Waals surface area contributed by atoms with E-state index in [4.69, 9.17) is 0 Å². The minimum absolute atomic E-state index is 0.0478. The highest BCUT2D eigenvalue weighted by Crippen LogP contribution is 2.25. The van der Waals surface area contributed by atoms with Crippen LogP contribution in [0.3, 0.4) is 0 Å². The van der Waals surface area contributed by atoms with Gasteiger partial charge in [0.15, 0.2) is 0 Å². The summed E-state index contributed by atoms with van der Waals surface area (Å²) in [7, 11) is 0. The molecule has 4 heteroatoms. The summed E-state index contributed by atoms with van der Waals surface area (Å²) in [6.45, 7) is 1.90. The van der Waals surface area contributed by atoms with Crippen molar-refractivity contribution in [2.75, 3.05) is 11.6 Å². The van der Waals surface area contributed by atoms with Crippen molar-refractivity contribution in [1.82, 2.24) is 5.32 Å². The normalized spacial score (nSPS) is 12.0. The molecule has 1 amide bonds. The molecule has 3 nitrogen and oxygen atoms in total. The molecule has 27 heavy (non-hydrogen) atoms. The fraction of sp³-hybridized carbons (Fsp3) is 0.174. The van der Waals surface area contributed by atoms with E-state index in [-0.39, 0.29) is 18.0 Å². The maximum absolute atomic E-state index is 12.8. The quantitative estimate of drug-likeness (QED) is 0.563. The Hall–Kier alpha value is -2.56. The predicted molar refractivity (Wildman–Crippen MR) is 114 cm³/mol. The molecule has 0 aromatic heterocycles. The Bertz CT molecular complexity index is 828. The second kappa shape index (κ2) is 9.40. The fourth-order valence-electron chi connectivity index (χ4n) is 2.99. The van der Waals surface area contributed by atoms with Gasteiger partial charge in [-0.3, -0.25) is 10.1 Å². The zero-order valence-electron chi connectivity index (χ0n) is 15.6. The molecule has 0 heterocycles. The molecular weight excluding hydrogens is 352 g/mol. The third-order valence-corrected chi connectivity index (χ3v) is 5.24. The molecule has 0 spiro atoms. The highest BCUT2D eigenvalue weighted by atomic mass is 32.2. The largest absolute Gasteiger partial charge is 0.324 e. The zero-order valence-corrected chi connectivity index (χ0v) is 16.4. The van der Waals surface area contributed by atoms with Crippen molar-refractivity contribution in [2.24, 2.45) is 0 Å². The molecule has 1 unspecified atom stereocenters. The fourth-order valence-corrected chi connectivity index (χ4v) is 3.54. The summed E-state index contributed by atoms with van der Waals surface area (Å²) in [6, 6.07) is 27.9. The van der Waals surface area contributed by atoms with Gasteiger partial charge in [0.05, 0.1) is 17.8 Å². The van der Waals surface area contributed by atoms with E-state index in [0.717, 1.165) is 21.7 Å². The van der Waals surface area contributed by atoms with Crippen LogP contribution >= 0.6 is 11.8 Å². The van der Waals surface area contributed by atoms with Gasteiger partial charge >= 0.3 is 0 Å². The maximum atomic E-state index is 12.8. The minimum Gasteiger partial charge on any atom is -0.324 e. The van der Waals surface area contributed by atoms with Crippen LogP contribution in [0.25, 0.3) is 0 Å². The number of hydrogen-bond donors (Lipinski definition) is 2. The Labute approximate surface area is 165 Å². The molecule has 0 saturated heterocycles. The highest BCUT2D eigenvalue weighted by molar-refractivity contribution is 7.98. The van der Waals surface area contributed by atoms with Crippen LogP contribution in [0.1, 0.15) is 24.1 Å². The van der Waals surface area contributed by atoms with Crippen LogP contribution < -0.4 is 10.6 Å². The van der Waals surface area contributed by atoms with Crippen LogP contribution in [0.15, 0.2) is 89.8 Å². The van der Waals surface area contributed by atoms with Crippen LogP contribution in [0.5, 0.6) is 0 Å². The van der Waals surface area contributed by atoms with Crippen molar-refractivity contribution in [3.8, 4) is 0 Å². The number of thioether (sulfide) groups is 1. The summed E-state index contributed by atoms with van der Waals surface area (Å²) in [4.78, 5) is 13.9. The molecule has 1 atom stereocenters. The van der Waals surface area contributed by atoms with Crippen molar-refractivity contribution in [2.45, 2.75) is 23.9 Å². The van der Waals surface area contributed by atoms with Crippen LogP contribution in [-0.2, 0) is 4.79 Å². The Kier molecular flexibility index (Phi) is 6.69. The van der Waals surface area contributed by atoms with Gasteiger partial charge in [-0.1, -0.05) is 72.8 Å². The van der Waals surface area contributed by atoms with Crippen LogP contribution in [-0.4, -0.2) is 18.2 Å². The van der Waals surface area contributed by atoms with E-state index in [9.17, 15) is 4.79 Å². The van der Waals surface area contributed by atoms with E-state index in [1.54, 1.807) is 11.8 Å². The Morgan fingerprint density at radius 3 is 1.89 bits per heavy atom. The van der Waals surface area contributed by atoms with Gasteiger partial charge in [-0.2, -0.15) is 0 Å². The van der Waals surface area contributed by atoms with Gasteiger partial charge in [0.25, 0.3) is 0 Å². The summed E-state index contributed by atoms with van der Waals surface area (Å²) in [5, 5.41) is 6.54. The lowest BCUT2D eigenvalue weighted by Crippen LogP contribution is -2.40. The lowest BCUT2D eigenvalue weighted by atomic mass is 9.98. The van der Waals surface area contributed by atoms with Crippen LogP contribution in [0.2, 0.25) is 0 Å². The molecule has 0 bridgehead atoms. The van der Waals surface area contributed by atoms with Crippen LogP contribution in [0.4, 0.5) is 5.69 Å². The van der Waals surface area contributed by atoms with E-state index in [1.165, 1.54) is 0 Å². The SMILES string of the molecule is CSc1ccccc1NC(=O)C(C)NC(c1ccccc1)c1ccccc1. The number of nitrogens with one attached hydrogen (secondary N) is 2. The Morgan fingerprint density at radius 2 is 1.33 bits per heavy atom. The van der Waals surface area contributed by atoms with Gasteiger partial charge < -0.3 is 5.32 Å². The molecule has 0 saturated carbocycles. The maximum Gasteiger partial charge on any atom is 0.241 e. The predicted octanol–water partition coefficient (Wildman–Crippen LogP) is 5.11. The minimum atomic E-state index is -0.356. The standard InChI is InChI=1S/C23H24N2OS/c1-17(23(26)25-20-15-9-10-16-21(20)27-2)24-22(18-11-5-3-6-12-18)19-13-7-4-8-14-19/h3-17,22,24H,1-2H3,(H,25,26). The number of carbonyl (C=O) groups excluding carboxylic acids is 1. The van der Waals surface area contributed by atoms with E-state index < -0.39 is 0 Å². The van der Waals surface area contributed by atoms with E-state index >= 15 is 0 Å². The van der Waals surface area contributed by atoms with Gasteiger partial charge in [-0.25, -0.2) is 0 Å². The highest BCUT2D eigenvalue weighted by Gasteiger charge is 2.21. The zero-order chi connectivity index (χ0) is 19.1. The van der Waals surface area contributed by atoms with Gasteiger partial charge in [-0.15, -0.1) is 11.8 Å². The van der Waals surface area contributed by atoms with Crippen molar-refractivity contribution >= 4 is 23.4 Å². The first-order chi connectivity index (χ1) is 13.2. The third-order valence-electron chi connectivity index (χ3n) is 4.44. The summed E-state index contributed by atoms with van der Waals surface area (Å²) in [6.07, 6.45) is 2.01. The Balaban J connectivity index is 1.78. The molecule has 3 aromatic rings. The average Bonchev–Trinajstić information content (AvgIpc) is 2.73. The van der Waals surface area contributed by atoms with Gasteiger partial charge in [0.2, 0.25) is 5.91 Å². The summed E-state index contributed by atoms with van der Waals surface area (Å²) >= 11 is 1.62. The first-order valence-electron chi connectivity index (χ1n) is 8.99. The second-order valence-corrected chi connectivity index (χ2v) is 7.18. The lowest BCUT2D eigenvalue weighted by Gasteiger charge is -2.24. The monoisotopic (exact) mass is 376 g/mol. The summed E-state index contributed by atoms with van der Waals surface area (Å²) < 4.78 is 0. The molecule has 0 aliphatic carbocycles. The van der Waals surface area contributed by atoms with Crippen molar-refractivity contribution in [3.63, 3.8) is 0 Å². The first-order valence-corrected chi connectivity index (χ1v) is 10.2. The van der Waals surface area contributed by atoms with Crippen molar-refractivity contribution in [3.05, 3.63) is 96.1 Å². The average molecular weight is 377 g/mol. The smallest absolute Gasteiger partial charge is 0.241 e. The molecular formula is C23H24N2OS. The number of amides is 1. The molecule has 0 aliphatic heterocycles. The number of hydrogen-bond acceptors (Lipinski definition) is 3. The third kappa shape index (κ3) is 5.00. The molecule has 3 aromatic carbocycles. The van der Waals surface area contributed by atoms with Gasteiger partial charge in [0, 0.05) is 4.90 Å². The number of para-hydroxylation sites is 1. The lowest BCUT2D eigenvalue weighted by molar-refractivity contribution is -0.117. The number of rotatable bonds is 7. The summed E-state index contributed by atoms with van der Waals surface area (Å²) in [5.74, 6) is -0.0478. The second-order valence-electron chi connectivity index (χ2n) is 6.33. The van der Waals surface area contributed by atoms with Gasteiger partial charge in [-0.05, 0) is 36.4 Å². The van der Waals surface area contributed by atoms with Gasteiger partial charge in [0.1, 0.15) is 0 Å². The van der Waals surface area contributed by atoms with Crippen LogP contribution in [0, 0.1) is 0 Å². The van der Waals surface area contributed by atoms with Crippen molar-refractivity contribution in [1.29, 1.82) is 0 Å².